The van der Waals surface area contributed by atoms with Gasteiger partial charge in [0.05, 0.1) is 0 Å². The first-order chi connectivity index (χ1) is 8.66. The third-order valence-electron chi connectivity index (χ3n) is 3.09. The van der Waals surface area contributed by atoms with Gasteiger partial charge in [0.15, 0.2) is 0 Å². The fourth-order valence-corrected chi connectivity index (χ4v) is 1.84. The van der Waals surface area contributed by atoms with Crippen LogP contribution in [0.15, 0.2) is 42.7 Å². The molecule has 1 heterocycles. The van der Waals surface area contributed by atoms with Crippen LogP contribution in [-0.4, -0.2) is 4.98 Å². The lowest BCUT2D eigenvalue weighted by Gasteiger charge is -2.15. The van der Waals surface area contributed by atoms with E-state index in [9.17, 15) is 4.39 Å². The molecule has 0 fully saturated rings. The summed E-state index contributed by atoms with van der Waals surface area (Å²) in [6.07, 6.45) is 3.65. The number of hydrogen-bond acceptors (Lipinski definition) is 2. The Morgan fingerprint density at radius 1 is 1.33 bits per heavy atom. The fraction of sp³-hybridized carbons (Fsp3) is 0.267. The van der Waals surface area contributed by atoms with E-state index in [1.807, 2.05) is 25.3 Å². The topological polar surface area (TPSA) is 24.9 Å². The molecule has 0 amide bonds. The first kappa shape index (κ1) is 12.7. The van der Waals surface area contributed by atoms with Crippen molar-refractivity contribution in [2.75, 3.05) is 0 Å². The van der Waals surface area contributed by atoms with E-state index in [1.54, 1.807) is 18.3 Å². The van der Waals surface area contributed by atoms with Gasteiger partial charge in [-0.15, -0.1) is 0 Å². The largest absolute Gasteiger partial charge is 0.306 e. The molecular formula is C15H17FN2. The summed E-state index contributed by atoms with van der Waals surface area (Å²) in [5, 5.41) is 3.38. The summed E-state index contributed by atoms with van der Waals surface area (Å²) >= 11 is 0. The molecule has 0 bridgehead atoms. The summed E-state index contributed by atoms with van der Waals surface area (Å²) in [5.74, 6) is -0.196. The van der Waals surface area contributed by atoms with Gasteiger partial charge in [0.2, 0.25) is 0 Å². The molecule has 0 saturated carbocycles. The minimum Gasteiger partial charge on any atom is -0.306 e. The molecule has 2 nitrogen and oxygen atoms in total. The molecule has 18 heavy (non-hydrogen) atoms. The molecule has 0 unspecified atom stereocenters. The van der Waals surface area contributed by atoms with Crippen LogP contribution in [0.2, 0.25) is 0 Å². The van der Waals surface area contributed by atoms with Crippen LogP contribution in [0.1, 0.15) is 29.7 Å². The fourth-order valence-electron chi connectivity index (χ4n) is 1.84. The summed E-state index contributed by atoms with van der Waals surface area (Å²) < 4.78 is 13.1. The Labute approximate surface area is 107 Å². The number of hydrogen-bond donors (Lipinski definition) is 1. The van der Waals surface area contributed by atoms with Crippen LogP contribution in [0.4, 0.5) is 4.39 Å². The highest BCUT2D eigenvalue weighted by Gasteiger charge is 2.06. The van der Waals surface area contributed by atoms with Gasteiger partial charge < -0.3 is 5.32 Å². The van der Waals surface area contributed by atoms with Crippen LogP contribution < -0.4 is 5.32 Å². The van der Waals surface area contributed by atoms with Gasteiger partial charge in [-0.05, 0) is 48.7 Å². The van der Waals surface area contributed by atoms with Crippen LogP contribution in [0.5, 0.6) is 0 Å². The highest BCUT2D eigenvalue weighted by atomic mass is 19.1. The average molecular weight is 244 g/mol. The van der Waals surface area contributed by atoms with E-state index < -0.39 is 0 Å². The number of rotatable bonds is 4. The van der Waals surface area contributed by atoms with Gasteiger partial charge >= 0.3 is 0 Å². The van der Waals surface area contributed by atoms with E-state index in [0.29, 0.717) is 0 Å². The number of nitrogens with zero attached hydrogens (tertiary/aromatic N) is 1. The van der Waals surface area contributed by atoms with Crippen molar-refractivity contribution in [3.8, 4) is 0 Å². The first-order valence-corrected chi connectivity index (χ1v) is 6.05. The van der Waals surface area contributed by atoms with E-state index in [-0.39, 0.29) is 11.9 Å². The van der Waals surface area contributed by atoms with Crippen molar-refractivity contribution in [3.05, 3.63) is 65.2 Å². The van der Waals surface area contributed by atoms with Gasteiger partial charge in [-0.2, -0.15) is 0 Å². The van der Waals surface area contributed by atoms with E-state index in [4.69, 9.17) is 0 Å². The number of nitrogens with one attached hydrogen (secondary N) is 1. The van der Waals surface area contributed by atoms with Crippen LogP contribution >= 0.6 is 0 Å². The van der Waals surface area contributed by atoms with Crippen LogP contribution in [0.25, 0.3) is 0 Å². The molecule has 0 saturated heterocycles. The maximum absolute atomic E-state index is 13.1. The quantitative estimate of drug-likeness (QED) is 0.891. The molecule has 3 heteroatoms. The van der Waals surface area contributed by atoms with Gasteiger partial charge in [-0.25, -0.2) is 4.39 Å². The number of aromatic nitrogens is 1. The third kappa shape index (κ3) is 3.14. The second-order valence-electron chi connectivity index (χ2n) is 4.46. The lowest BCUT2D eigenvalue weighted by Crippen LogP contribution is -2.18. The SMILES string of the molecule is Cc1ccncc1CN[C@H](C)c1cccc(F)c1. The van der Waals surface area contributed by atoms with Crippen molar-refractivity contribution in [2.45, 2.75) is 26.4 Å². The molecule has 0 aliphatic carbocycles. The average Bonchev–Trinajstić information content (AvgIpc) is 2.37. The number of aryl methyl sites for hydroxylation is 1. The van der Waals surface area contributed by atoms with Gasteiger partial charge in [0.25, 0.3) is 0 Å². The Hall–Kier alpha value is -1.74. The minimum atomic E-state index is -0.196. The molecule has 0 spiro atoms. The van der Waals surface area contributed by atoms with Crippen LogP contribution in [-0.2, 0) is 6.54 Å². The van der Waals surface area contributed by atoms with E-state index >= 15 is 0 Å². The zero-order valence-corrected chi connectivity index (χ0v) is 10.7. The van der Waals surface area contributed by atoms with Crippen molar-refractivity contribution in [3.63, 3.8) is 0 Å². The van der Waals surface area contributed by atoms with E-state index in [1.165, 1.54) is 17.2 Å². The first-order valence-electron chi connectivity index (χ1n) is 6.05. The Bertz CT molecular complexity index is 525. The summed E-state index contributed by atoms with van der Waals surface area (Å²) in [6.45, 7) is 4.82. The lowest BCUT2D eigenvalue weighted by molar-refractivity contribution is 0.563. The van der Waals surface area contributed by atoms with Crippen LogP contribution in [0.3, 0.4) is 0 Å². The number of halogens is 1. The molecule has 2 aromatic rings. The highest BCUT2D eigenvalue weighted by molar-refractivity contribution is 5.23. The van der Waals surface area contributed by atoms with Gasteiger partial charge in [0.1, 0.15) is 5.82 Å². The maximum atomic E-state index is 13.1. The molecule has 0 radical (unpaired) electrons. The van der Waals surface area contributed by atoms with E-state index in [0.717, 1.165) is 12.1 Å². The maximum Gasteiger partial charge on any atom is 0.123 e. The molecule has 1 N–H and O–H groups in total. The Balaban J connectivity index is 2.00. The van der Waals surface area contributed by atoms with Gasteiger partial charge in [-0.1, -0.05) is 12.1 Å². The second-order valence-corrected chi connectivity index (χ2v) is 4.46. The second kappa shape index (κ2) is 5.74. The van der Waals surface area contributed by atoms with Crippen LogP contribution in [0, 0.1) is 12.7 Å². The summed E-state index contributed by atoms with van der Waals surface area (Å²) in [5.41, 5.74) is 3.33. The van der Waals surface area contributed by atoms with Crippen molar-refractivity contribution >= 4 is 0 Å². The molecule has 1 atom stereocenters. The molecule has 1 aromatic carbocycles. The molecule has 0 aliphatic rings. The van der Waals surface area contributed by atoms with Crippen molar-refractivity contribution in [1.29, 1.82) is 0 Å². The zero-order valence-electron chi connectivity index (χ0n) is 10.7. The van der Waals surface area contributed by atoms with E-state index in [2.05, 4.69) is 17.2 Å². The summed E-state index contributed by atoms with van der Waals surface area (Å²) in [6, 6.07) is 8.79. The molecule has 0 aliphatic heterocycles. The zero-order chi connectivity index (χ0) is 13.0. The predicted octanol–water partition coefficient (Wildman–Crippen LogP) is 3.38. The Kier molecular flexibility index (Phi) is 4.05. The van der Waals surface area contributed by atoms with Crippen molar-refractivity contribution < 1.29 is 4.39 Å². The standard InChI is InChI=1S/C15H17FN2/c1-11-6-7-17-9-14(11)10-18-12(2)13-4-3-5-15(16)8-13/h3-9,12,18H,10H2,1-2H3/t12-/m1/s1. The van der Waals surface area contributed by atoms with Crippen molar-refractivity contribution in [1.82, 2.24) is 10.3 Å². The summed E-state index contributed by atoms with van der Waals surface area (Å²) in [7, 11) is 0. The molecule has 2 rings (SSSR count). The normalized spacial score (nSPS) is 12.4. The number of pyridine rings is 1. The monoisotopic (exact) mass is 244 g/mol. The lowest BCUT2D eigenvalue weighted by atomic mass is 10.1. The molecular weight excluding hydrogens is 227 g/mol. The third-order valence-corrected chi connectivity index (χ3v) is 3.09. The predicted molar refractivity (Wildman–Crippen MR) is 70.6 cm³/mol. The molecule has 94 valence electrons. The summed E-state index contributed by atoms with van der Waals surface area (Å²) in [4.78, 5) is 4.11. The Morgan fingerprint density at radius 3 is 2.89 bits per heavy atom. The smallest absolute Gasteiger partial charge is 0.123 e. The number of benzene rings is 1. The molecule has 1 aromatic heterocycles. The van der Waals surface area contributed by atoms with Gasteiger partial charge in [-0.3, -0.25) is 4.98 Å². The van der Waals surface area contributed by atoms with Gasteiger partial charge in [0, 0.05) is 25.0 Å². The highest BCUT2D eigenvalue weighted by Crippen LogP contribution is 2.14. The minimum absolute atomic E-state index is 0.111. The van der Waals surface area contributed by atoms with Crippen molar-refractivity contribution in [2.24, 2.45) is 0 Å². The Morgan fingerprint density at radius 2 is 2.17 bits per heavy atom.